The lowest BCUT2D eigenvalue weighted by molar-refractivity contribution is 0.0894. The molecule has 0 saturated heterocycles. The minimum absolute atomic E-state index is 0.120. The smallest absolute Gasteiger partial charge is 0.201 e. The van der Waals surface area contributed by atoms with Crippen molar-refractivity contribution in [3.8, 4) is 0 Å². The molecular weight excluding hydrogens is 166 g/mol. The number of hydrogen-bond acceptors (Lipinski definition) is 3. The number of ketones is 1. The molecule has 0 amide bonds. The fourth-order valence-corrected chi connectivity index (χ4v) is 1.87. The summed E-state index contributed by atoms with van der Waals surface area (Å²) in [4.78, 5) is 11.7. The number of furan rings is 1. The molecule has 0 spiro atoms. The third-order valence-electron chi connectivity index (χ3n) is 2.59. The van der Waals surface area contributed by atoms with E-state index in [9.17, 15) is 4.79 Å². The van der Waals surface area contributed by atoms with Crippen LogP contribution in [0.4, 0.5) is 5.69 Å². The van der Waals surface area contributed by atoms with Crippen LogP contribution in [-0.4, -0.2) is 5.78 Å². The largest absolute Gasteiger partial charge is 0.459 e. The van der Waals surface area contributed by atoms with E-state index < -0.39 is 0 Å². The molecule has 0 radical (unpaired) electrons. The number of carbonyl (C=O) groups is 1. The number of nitrogens with two attached hydrogens (primary N) is 1. The topological polar surface area (TPSA) is 56.2 Å². The number of rotatable bonds is 2. The molecule has 1 aromatic heterocycles. The molecule has 1 fully saturated rings. The summed E-state index contributed by atoms with van der Waals surface area (Å²) >= 11 is 0. The van der Waals surface area contributed by atoms with Crippen molar-refractivity contribution in [2.45, 2.75) is 25.7 Å². The maximum absolute atomic E-state index is 11.7. The summed E-state index contributed by atoms with van der Waals surface area (Å²) in [6.45, 7) is 0. The van der Waals surface area contributed by atoms with Gasteiger partial charge in [-0.3, -0.25) is 4.79 Å². The van der Waals surface area contributed by atoms with Crippen LogP contribution in [0.5, 0.6) is 0 Å². The van der Waals surface area contributed by atoms with Crippen LogP contribution in [0, 0.1) is 5.92 Å². The summed E-state index contributed by atoms with van der Waals surface area (Å²) in [5.41, 5.74) is 6.00. The molecule has 0 bridgehead atoms. The van der Waals surface area contributed by atoms with Crippen molar-refractivity contribution in [2.75, 3.05) is 5.73 Å². The van der Waals surface area contributed by atoms with E-state index in [1.807, 2.05) is 0 Å². The number of hydrogen-bond donors (Lipinski definition) is 1. The third-order valence-corrected chi connectivity index (χ3v) is 2.59. The molecule has 0 atom stereocenters. The SMILES string of the molecule is Nc1coc(C(=O)C2CCCC2)c1. The molecule has 70 valence electrons. The highest BCUT2D eigenvalue weighted by Crippen LogP contribution is 2.28. The monoisotopic (exact) mass is 179 g/mol. The van der Waals surface area contributed by atoms with Crippen molar-refractivity contribution in [1.82, 2.24) is 0 Å². The molecule has 1 aromatic rings. The Kier molecular flexibility index (Phi) is 2.08. The van der Waals surface area contributed by atoms with Crippen molar-refractivity contribution in [2.24, 2.45) is 5.92 Å². The van der Waals surface area contributed by atoms with Crippen molar-refractivity contribution >= 4 is 11.5 Å². The van der Waals surface area contributed by atoms with Crippen molar-refractivity contribution in [3.05, 3.63) is 18.1 Å². The minimum atomic E-state index is 0.120. The molecule has 3 nitrogen and oxygen atoms in total. The Hall–Kier alpha value is -1.25. The van der Waals surface area contributed by atoms with Crippen LogP contribution >= 0.6 is 0 Å². The Labute approximate surface area is 76.9 Å². The van der Waals surface area contributed by atoms with Gasteiger partial charge in [-0.05, 0) is 12.8 Å². The van der Waals surface area contributed by atoms with Gasteiger partial charge in [0, 0.05) is 12.0 Å². The fraction of sp³-hybridized carbons (Fsp3) is 0.500. The van der Waals surface area contributed by atoms with E-state index in [0.29, 0.717) is 11.4 Å². The molecule has 1 aliphatic carbocycles. The lowest BCUT2D eigenvalue weighted by Crippen LogP contribution is -2.09. The first kappa shape index (κ1) is 8.35. The summed E-state index contributed by atoms with van der Waals surface area (Å²) in [6, 6.07) is 1.61. The van der Waals surface area contributed by atoms with Crippen LogP contribution in [0.1, 0.15) is 36.2 Å². The second-order valence-corrected chi connectivity index (χ2v) is 3.59. The van der Waals surface area contributed by atoms with Gasteiger partial charge in [0.1, 0.15) is 6.26 Å². The zero-order valence-electron chi connectivity index (χ0n) is 7.45. The highest BCUT2D eigenvalue weighted by Gasteiger charge is 2.25. The van der Waals surface area contributed by atoms with Gasteiger partial charge in [-0.25, -0.2) is 0 Å². The maximum atomic E-state index is 11.7. The van der Waals surface area contributed by atoms with Gasteiger partial charge in [0.05, 0.1) is 5.69 Å². The van der Waals surface area contributed by atoms with Gasteiger partial charge >= 0.3 is 0 Å². The Balaban J connectivity index is 2.12. The molecule has 2 N–H and O–H groups in total. The van der Waals surface area contributed by atoms with Gasteiger partial charge < -0.3 is 10.2 Å². The quantitative estimate of drug-likeness (QED) is 0.708. The maximum Gasteiger partial charge on any atom is 0.201 e. The third kappa shape index (κ3) is 1.59. The molecule has 0 unspecified atom stereocenters. The van der Waals surface area contributed by atoms with E-state index in [-0.39, 0.29) is 11.7 Å². The van der Waals surface area contributed by atoms with Gasteiger partial charge in [0.15, 0.2) is 5.76 Å². The number of Topliss-reactive ketones (excluding diaryl/α,β-unsaturated/α-hetero) is 1. The number of anilines is 1. The van der Waals surface area contributed by atoms with E-state index in [2.05, 4.69) is 0 Å². The van der Waals surface area contributed by atoms with Crippen molar-refractivity contribution in [1.29, 1.82) is 0 Å². The molecule has 13 heavy (non-hydrogen) atoms. The molecule has 1 heterocycles. The van der Waals surface area contributed by atoms with Crippen molar-refractivity contribution < 1.29 is 9.21 Å². The average Bonchev–Trinajstić information content (AvgIpc) is 2.72. The van der Waals surface area contributed by atoms with Crippen LogP contribution in [0.25, 0.3) is 0 Å². The van der Waals surface area contributed by atoms with Crippen LogP contribution in [0.15, 0.2) is 16.7 Å². The fourth-order valence-electron chi connectivity index (χ4n) is 1.87. The molecule has 0 aliphatic heterocycles. The predicted molar refractivity (Wildman–Crippen MR) is 49.4 cm³/mol. The number of carbonyl (C=O) groups excluding carboxylic acids is 1. The summed E-state index contributed by atoms with van der Waals surface area (Å²) in [7, 11) is 0. The summed E-state index contributed by atoms with van der Waals surface area (Å²) in [6.07, 6.45) is 5.74. The molecule has 1 saturated carbocycles. The zero-order chi connectivity index (χ0) is 9.26. The average molecular weight is 179 g/mol. The minimum Gasteiger partial charge on any atom is -0.459 e. The molecule has 3 heteroatoms. The van der Waals surface area contributed by atoms with Crippen LogP contribution in [-0.2, 0) is 0 Å². The van der Waals surface area contributed by atoms with Crippen LogP contribution < -0.4 is 5.73 Å². The van der Waals surface area contributed by atoms with E-state index >= 15 is 0 Å². The highest BCUT2D eigenvalue weighted by molar-refractivity contribution is 5.96. The van der Waals surface area contributed by atoms with E-state index in [1.54, 1.807) is 6.07 Å². The normalized spacial score (nSPS) is 17.8. The Morgan fingerprint density at radius 1 is 1.46 bits per heavy atom. The summed E-state index contributed by atoms with van der Waals surface area (Å²) in [5.74, 6) is 0.712. The predicted octanol–water partition coefficient (Wildman–Crippen LogP) is 2.23. The summed E-state index contributed by atoms with van der Waals surface area (Å²) < 4.78 is 5.06. The second kappa shape index (κ2) is 3.24. The molecule has 0 aromatic carbocycles. The number of nitrogen functional groups attached to an aromatic ring is 1. The molecule has 1 aliphatic rings. The van der Waals surface area contributed by atoms with Crippen LogP contribution in [0.3, 0.4) is 0 Å². The van der Waals surface area contributed by atoms with Crippen molar-refractivity contribution in [3.63, 3.8) is 0 Å². The van der Waals surface area contributed by atoms with E-state index in [1.165, 1.54) is 6.26 Å². The Bertz CT molecular complexity index is 310. The lowest BCUT2D eigenvalue weighted by Gasteiger charge is -2.03. The standard InChI is InChI=1S/C10H13NO2/c11-8-5-9(13-6-8)10(12)7-3-1-2-4-7/h5-7H,1-4,11H2. The summed E-state index contributed by atoms with van der Waals surface area (Å²) in [5, 5.41) is 0. The van der Waals surface area contributed by atoms with Gasteiger partial charge in [-0.1, -0.05) is 12.8 Å². The van der Waals surface area contributed by atoms with E-state index in [0.717, 1.165) is 25.7 Å². The van der Waals surface area contributed by atoms with Crippen LogP contribution in [0.2, 0.25) is 0 Å². The molecular formula is C10H13NO2. The first-order chi connectivity index (χ1) is 6.27. The Morgan fingerprint density at radius 3 is 2.69 bits per heavy atom. The zero-order valence-corrected chi connectivity index (χ0v) is 7.45. The lowest BCUT2D eigenvalue weighted by atomic mass is 10.0. The highest BCUT2D eigenvalue weighted by atomic mass is 16.3. The van der Waals surface area contributed by atoms with Gasteiger partial charge in [0.2, 0.25) is 5.78 Å². The van der Waals surface area contributed by atoms with Gasteiger partial charge in [-0.15, -0.1) is 0 Å². The Morgan fingerprint density at radius 2 is 2.15 bits per heavy atom. The first-order valence-corrected chi connectivity index (χ1v) is 4.65. The van der Waals surface area contributed by atoms with Gasteiger partial charge in [0.25, 0.3) is 0 Å². The first-order valence-electron chi connectivity index (χ1n) is 4.65. The van der Waals surface area contributed by atoms with E-state index in [4.69, 9.17) is 10.2 Å². The van der Waals surface area contributed by atoms with Gasteiger partial charge in [-0.2, -0.15) is 0 Å². The molecule has 2 rings (SSSR count). The second-order valence-electron chi connectivity index (χ2n) is 3.59.